The highest BCUT2D eigenvalue weighted by molar-refractivity contribution is 5.92. The molecule has 1 amide bonds. The van der Waals surface area contributed by atoms with E-state index in [2.05, 4.69) is 10.4 Å². The Morgan fingerprint density at radius 1 is 1.09 bits per heavy atom. The molecule has 2 aromatic carbocycles. The van der Waals surface area contributed by atoms with Gasteiger partial charge in [0.2, 0.25) is 5.91 Å². The van der Waals surface area contributed by atoms with E-state index in [0.717, 1.165) is 10.4 Å². The summed E-state index contributed by atoms with van der Waals surface area (Å²) >= 11 is 0. The molecular weight excluding hydrogens is 411 g/mol. The Balaban J connectivity index is 1.65. The maximum absolute atomic E-state index is 14.2. The first kappa shape index (κ1) is 21.3. The molecule has 2 heterocycles. The van der Waals surface area contributed by atoms with Crippen molar-refractivity contribution < 1.29 is 13.9 Å². The van der Waals surface area contributed by atoms with Crippen molar-refractivity contribution in [3.05, 3.63) is 87.9 Å². The smallest absolute Gasteiger partial charge is 0.276 e. The lowest BCUT2D eigenvalue weighted by Gasteiger charge is -2.10. The third-order valence-corrected chi connectivity index (χ3v) is 5.57. The quantitative estimate of drug-likeness (QED) is 0.503. The van der Waals surface area contributed by atoms with Crippen LogP contribution in [-0.2, 0) is 17.9 Å². The Kier molecular flexibility index (Phi) is 5.77. The Morgan fingerprint density at radius 3 is 2.56 bits per heavy atom. The van der Waals surface area contributed by atoms with E-state index in [1.807, 2.05) is 18.4 Å². The molecule has 4 rings (SSSR count). The number of rotatable bonds is 6. The van der Waals surface area contributed by atoms with E-state index in [1.165, 1.54) is 13.2 Å². The van der Waals surface area contributed by atoms with Crippen LogP contribution >= 0.6 is 0 Å². The number of halogens is 1. The SMILES string of the molecule is COc1ccccc1NC(=O)Cn1ncc2c(C)n(Cc3ccccc3F)c(C)c2c1=O. The van der Waals surface area contributed by atoms with Crippen molar-refractivity contribution in [2.75, 3.05) is 12.4 Å². The first-order valence-electron chi connectivity index (χ1n) is 10.1. The third kappa shape index (κ3) is 3.87. The molecule has 0 saturated carbocycles. The van der Waals surface area contributed by atoms with Crippen LogP contribution in [0.25, 0.3) is 10.8 Å². The number of carbonyl (C=O) groups is 1. The molecule has 2 aromatic heterocycles. The van der Waals surface area contributed by atoms with Gasteiger partial charge in [0.05, 0.1) is 30.9 Å². The molecule has 1 N–H and O–H groups in total. The minimum atomic E-state index is -0.399. The molecule has 0 spiro atoms. The topological polar surface area (TPSA) is 78.2 Å². The fourth-order valence-electron chi connectivity index (χ4n) is 3.86. The van der Waals surface area contributed by atoms with E-state index in [0.29, 0.717) is 40.0 Å². The van der Waals surface area contributed by atoms with Gasteiger partial charge in [0.15, 0.2) is 0 Å². The zero-order valence-electron chi connectivity index (χ0n) is 18.1. The summed E-state index contributed by atoms with van der Waals surface area (Å²) in [5.41, 5.74) is 2.19. The summed E-state index contributed by atoms with van der Waals surface area (Å²) in [4.78, 5) is 25.7. The van der Waals surface area contributed by atoms with Crippen molar-refractivity contribution >= 4 is 22.4 Å². The van der Waals surface area contributed by atoms with Gasteiger partial charge in [0, 0.05) is 22.3 Å². The molecular formula is C24H23FN4O3. The molecule has 4 aromatic rings. The predicted molar refractivity (Wildman–Crippen MR) is 121 cm³/mol. The van der Waals surface area contributed by atoms with Gasteiger partial charge in [-0.1, -0.05) is 30.3 Å². The monoisotopic (exact) mass is 434 g/mol. The first-order chi connectivity index (χ1) is 15.4. The Bertz CT molecular complexity index is 1370. The first-order valence-corrected chi connectivity index (χ1v) is 10.1. The number of carbonyl (C=O) groups excluding carboxylic acids is 1. The molecule has 7 nitrogen and oxygen atoms in total. The molecule has 0 unspecified atom stereocenters. The second-order valence-corrected chi connectivity index (χ2v) is 7.49. The summed E-state index contributed by atoms with van der Waals surface area (Å²) in [6.45, 7) is 3.74. The number of aromatic nitrogens is 3. The van der Waals surface area contributed by atoms with Crippen LogP contribution in [0.15, 0.2) is 59.5 Å². The number of nitrogens with one attached hydrogen (secondary N) is 1. The molecule has 0 aliphatic rings. The van der Waals surface area contributed by atoms with Crippen molar-refractivity contribution in [3.63, 3.8) is 0 Å². The van der Waals surface area contributed by atoms with Gasteiger partial charge in [0.1, 0.15) is 18.1 Å². The summed E-state index contributed by atoms with van der Waals surface area (Å²) in [6.07, 6.45) is 1.58. The summed E-state index contributed by atoms with van der Waals surface area (Å²) in [7, 11) is 1.52. The highest BCUT2D eigenvalue weighted by Gasteiger charge is 2.18. The molecule has 0 atom stereocenters. The van der Waals surface area contributed by atoms with Gasteiger partial charge in [-0.25, -0.2) is 9.07 Å². The van der Waals surface area contributed by atoms with Crippen LogP contribution < -0.4 is 15.6 Å². The average Bonchev–Trinajstić information content (AvgIpc) is 3.02. The van der Waals surface area contributed by atoms with Crippen LogP contribution in [0.3, 0.4) is 0 Å². The molecule has 0 radical (unpaired) electrons. The van der Waals surface area contributed by atoms with Crippen molar-refractivity contribution in [1.29, 1.82) is 0 Å². The van der Waals surface area contributed by atoms with E-state index in [4.69, 9.17) is 4.74 Å². The molecule has 8 heteroatoms. The standard InChI is InChI=1S/C24H23FN4O3/c1-15-18-12-26-29(14-22(30)27-20-10-6-7-11-21(20)32-3)24(31)23(18)16(2)28(15)13-17-8-4-5-9-19(17)25/h4-12H,13-14H2,1-3H3,(H,27,30). The van der Waals surface area contributed by atoms with E-state index in [-0.39, 0.29) is 17.9 Å². The second kappa shape index (κ2) is 8.66. The van der Waals surface area contributed by atoms with Gasteiger partial charge in [-0.3, -0.25) is 9.59 Å². The number of para-hydroxylation sites is 2. The zero-order chi connectivity index (χ0) is 22.8. The minimum Gasteiger partial charge on any atom is -0.495 e. The Morgan fingerprint density at radius 2 is 1.81 bits per heavy atom. The van der Waals surface area contributed by atoms with Crippen LogP contribution in [-0.4, -0.2) is 27.4 Å². The maximum atomic E-state index is 14.2. The minimum absolute atomic E-state index is 0.246. The van der Waals surface area contributed by atoms with Crippen molar-refractivity contribution in [1.82, 2.24) is 14.3 Å². The van der Waals surface area contributed by atoms with Crippen molar-refractivity contribution in [3.8, 4) is 5.75 Å². The number of amides is 1. The molecule has 0 saturated heterocycles. The number of hydrogen-bond acceptors (Lipinski definition) is 4. The fraction of sp³-hybridized carbons (Fsp3) is 0.208. The molecule has 0 aliphatic carbocycles. The lowest BCUT2D eigenvalue weighted by Crippen LogP contribution is -2.29. The summed E-state index contributed by atoms with van der Waals surface area (Å²) in [5.74, 6) is -0.176. The largest absolute Gasteiger partial charge is 0.495 e. The van der Waals surface area contributed by atoms with Gasteiger partial charge in [-0.15, -0.1) is 0 Å². The van der Waals surface area contributed by atoms with Crippen LogP contribution in [0, 0.1) is 19.7 Å². The number of methoxy groups -OCH3 is 1. The number of anilines is 1. The number of aryl methyl sites for hydroxylation is 2. The van der Waals surface area contributed by atoms with Crippen LogP contribution in [0.1, 0.15) is 17.0 Å². The van der Waals surface area contributed by atoms with Crippen molar-refractivity contribution in [2.45, 2.75) is 26.9 Å². The van der Waals surface area contributed by atoms with Gasteiger partial charge in [-0.05, 0) is 32.0 Å². The third-order valence-electron chi connectivity index (χ3n) is 5.57. The highest BCUT2D eigenvalue weighted by atomic mass is 19.1. The summed E-state index contributed by atoms with van der Waals surface area (Å²) < 4.78 is 22.4. The van der Waals surface area contributed by atoms with E-state index < -0.39 is 5.91 Å². The highest BCUT2D eigenvalue weighted by Crippen LogP contribution is 2.24. The summed E-state index contributed by atoms with van der Waals surface area (Å²) in [5, 5.41) is 8.10. The lowest BCUT2D eigenvalue weighted by atomic mass is 10.2. The van der Waals surface area contributed by atoms with Gasteiger partial charge in [0.25, 0.3) is 5.56 Å². The Hall–Kier alpha value is -3.94. The number of hydrogen-bond donors (Lipinski definition) is 1. The van der Waals surface area contributed by atoms with E-state index in [1.54, 1.807) is 48.7 Å². The van der Waals surface area contributed by atoms with Crippen LogP contribution in [0.2, 0.25) is 0 Å². The summed E-state index contributed by atoms with van der Waals surface area (Å²) in [6, 6.07) is 13.6. The average molecular weight is 434 g/mol. The number of fused-ring (bicyclic) bond motifs is 1. The van der Waals surface area contributed by atoms with E-state index in [9.17, 15) is 14.0 Å². The second-order valence-electron chi connectivity index (χ2n) is 7.49. The number of nitrogens with zero attached hydrogens (tertiary/aromatic N) is 3. The maximum Gasteiger partial charge on any atom is 0.276 e. The van der Waals surface area contributed by atoms with Gasteiger partial charge in [-0.2, -0.15) is 5.10 Å². The predicted octanol–water partition coefficient (Wildman–Crippen LogP) is 3.65. The van der Waals surface area contributed by atoms with Crippen molar-refractivity contribution in [2.24, 2.45) is 0 Å². The molecule has 0 bridgehead atoms. The number of benzene rings is 2. The normalized spacial score (nSPS) is 11.0. The van der Waals surface area contributed by atoms with E-state index >= 15 is 0 Å². The number of ether oxygens (including phenoxy) is 1. The van der Waals surface area contributed by atoms with Gasteiger partial charge < -0.3 is 14.6 Å². The van der Waals surface area contributed by atoms with Crippen LogP contribution in [0.4, 0.5) is 10.1 Å². The van der Waals surface area contributed by atoms with Crippen LogP contribution in [0.5, 0.6) is 5.75 Å². The molecule has 0 fully saturated rings. The Labute approximate surface area is 184 Å². The zero-order valence-corrected chi connectivity index (χ0v) is 18.1. The molecule has 0 aliphatic heterocycles. The molecule has 32 heavy (non-hydrogen) atoms. The van der Waals surface area contributed by atoms with Gasteiger partial charge >= 0.3 is 0 Å². The lowest BCUT2D eigenvalue weighted by molar-refractivity contribution is -0.117. The molecule has 164 valence electrons. The fourth-order valence-corrected chi connectivity index (χ4v) is 3.86.